The molecule has 0 bridgehead atoms. The standard InChI is InChI=1S/C16H16FNO4/c1-11(19)12-9-15(18-10-12)16(20)22-8-2-7-21-14-5-3-13(17)4-6-14/h3-6,9-10,18H,2,7-8H2,1H3. The van der Waals surface area contributed by atoms with Crippen molar-refractivity contribution in [2.24, 2.45) is 0 Å². The molecule has 0 radical (unpaired) electrons. The number of aromatic amines is 1. The van der Waals surface area contributed by atoms with Crippen molar-refractivity contribution in [3.8, 4) is 5.75 Å². The van der Waals surface area contributed by atoms with Crippen molar-refractivity contribution in [1.82, 2.24) is 4.98 Å². The molecule has 6 heteroatoms. The van der Waals surface area contributed by atoms with E-state index >= 15 is 0 Å². The average Bonchev–Trinajstić information content (AvgIpc) is 2.99. The summed E-state index contributed by atoms with van der Waals surface area (Å²) < 4.78 is 23.1. The Morgan fingerprint density at radius 2 is 1.91 bits per heavy atom. The topological polar surface area (TPSA) is 68.4 Å². The molecule has 0 atom stereocenters. The molecule has 2 rings (SSSR count). The zero-order chi connectivity index (χ0) is 15.9. The summed E-state index contributed by atoms with van der Waals surface area (Å²) in [6.45, 7) is 1.96. The van der Waals surface area contributed by atoms with Gasteiger partial charge in [0.15, 0.2) is 5.78 Å². The van der Waals surface area contributed by atoms with E-state index in [1.807, 2.05) is 0 Å². The number of esters is 1. The molecule has 0 saturated heterocycles. The van der Waals surface area contributed by atoms with Crippen LogP contribution in [0.3, 0.4) is 0 Å². The molecule has 1 heterocycles. The number of benzene rings is 1. The molecule has 0 unspecified atom stereocenters. The summed E-state index contributed by atoms with van der Waals surface area (Å²) in [5, 5.41) is 0. The number of aromatic nitrogens is 1. The van der Waals surface area contributed by atoms with Gasteiger partial charge in [-0.3, -0.25) is 4.79 Å². The van der Waals surface area contributed by atoms with E-state index in [0.717, 1.165) is 0 Å². The molecule has 5 nitrogen and oxygen atoms in total. The van der Waals surface area contributed by atoms with E-state index in [-0.39, 0.29) is 23.9 Å². The molecule has 0 aliphatic rings. The number of hydrogen-bond donors (Lipinski definition) is 1. The molecule has 0 aliphatic carbocycles. The fourth-order valence-electron chi connectivity index (χ4n) is 1.74. The highest BCUT2D eigenvalue weighted by molar-refractivity contribution is 5.97. The van der Waals surface area contributed by atoms with E-state index < -0.39 is 5.97 Å². The number of halogens is 1. The third kappa shape index (κ3) is 4.44. The van der Waals surface area contributed by atoms with Gasteiger partial charge in [0, 0.05) is 18.2 Å². The van der Waals surface area contributed by atoms with E-state index in [4.69, 9.17) is 9.47 Å². The Labute approximate surface area is 127 Å². The van der Waals surface area contributed by atoms with Crippen LogP contribution in [0.15, 0.2) is 36.5 Å². The normalized spacial score (nSPS) is 10.3. The second kappa shape index (κ2) is 7.40. The predicted octanol–water partition coefficient (Wildman–Crippen LogP) is 2.98. The van der Waals surface area contributed by atoms with Crippen LogP contribution in [0.5, 0.6) is 5.75 Å². The largest absolute Gasteiger partial charge is 0.493 e. The fraction of sp³-hybridized carbons (Fsp3) is 0.250. The lowest BCUT2D eigenvalue weighted by Gasteiger charge is -2.06. The first-order valence-electron chi connectivity index (χ1n) is 6.81. The van der Waals surface area contributed by atoms with Gasteiger partial charge in [-0.2, -0.15) is 0 Å². The molecule has 1 aromatic carbocycles. The number of ketones is 1. The average molecular weight is 305 g/mol. The Balaban J connectivity index is 1.68. The van der Waals surface area contributed by atoms with Crippen molar-refractivity contribution in [2.75, 3.05) is 13.2 Å². The van der Waals surface area contributed by atoms with E-state index in [1.54, 1.807) is 0 Å². The quantitative estimate of drug-likeness (QED) is 0.485. The summed E-state index contributed by atoms with van der Waals surface area (Å²) >= 11 is 0. The smallest absolute Gasteiger partial charge is 0.354 e. The van der Waals surface area contributed by atoms with Crippen LogP contribution in [-0.2, 0) is 4.74 Å². The van der Waals surface area contributed by atoms with E-state index in [2.05, 4.69) is 4.98 Å². The maximum absolute atomic E-state index is 12.7. The highest BCUT2D eigenvalue weighted by atomic mass is 19.1. The molecule has 0 spiro atoms. The van der Waals surface area contributed by atoms with Crippen LogP contribution < -0.4 is 4.74 Å². The lowest BCUT2D eigenvalue weighted by molar-refractivity contribution is 0.0480. The van der Waals surface area contributed by atoms with Crippen molar-refractivity contribution in [3.05, 3.63) is 53.6 Å². The highest BCUT2D eigenvalue weighted by Gasteiger charge is 2.11. The first-order chi connectivity index (χ1) is 10.6. The van der Waals surface area contributed by atoms with Gasteiger partial charge < -0.3 is 14.5 Å². The number of carbonyl (C=O) groups is 2. The SMILES string of the molecule is CC(=O)c1c[nH]c(C(=O)OCCCOc2ccc(F)cc2)c1. The number of H-pyrrole nitrogens is 1. The number of hydrogen-bond acceptors (Lipinski definition) is 4. The summed E-state index contributed by atoms with van der Waals surface area (Å²) in [5.74, 6) is -0.405. The van der Waals surface area contributed by atoms with Gasteiger partial charge in [0.25, 0.3) is 0 Å². The Morgan fingerprint density at radius 3 is 2.55 bits per heavy atom. The van der Waals surface area contributed by atoms with Crippen LogP contribution in [0.1, 0.15) is 34.2 Å². The molecule has 1 aromatic heterocycles. The lowest BCUT2D eigenvalue weighted by atomic mass is 10.2. The van der Waals surface area contributed by atoms with Gasteiger partial charge in [-0.05, 0) is 37.3 Å². The number of carbonyl (C=O) groups excluding carboxylic acids is 2. The third-order valence-electron chi connectivity index (χ3n) is 2.91. The lowest BCUT2D eigenvalue weighted by Crippen LogP contribution is -2.09. The Bertz CT molecular complexity index is 648. The molecule has 0 aliphatic heterocycles. The van der Waals surface area contributed by atoms with Crippen LogP contribution in [-0.4, -0.2) is 30.0 Å². The van der Waals surface area contributed by atoms with Gasteiger partial charge in [0.05, 0.1) is 13.2 Å². The summed E-state index contributed by atoms with van der Waals surface area (Å²) in [4.78, 5) is 25.5. The Kier molecular flexibility index (Phi) is 5.30. The second-order valence-corrected chi connectivity index (χ2v) is 4.65. The molecule has 116 valence electrons. The Hall–Kier alpha value is -2.63. The summed E-state index contributed by atoms with van der Waals surface area (Å²) in [7, 11) is 0. The highest BCUT2D eigenvalue weighted by Crippen LogP contribution is 2.11. The molecule has 0 saturated carbocycles. The molecule has 1 N–H and O–H groups in total. The predicted molar refractivity (Wildman–Crippen MR) is 77.6 cm³/mol. The summed E-state index contributed by atoms with van der Waals surface area (Å²) in [5.41, 5.74) is 0.677. The zero-order valence-electron chi connectivity index (χ0n) is 12.1. The van der Waals surface area contributed by atoms with Crippen molar-refractivity contribution >= 4 is 11.8 Å². The van der Waals surface area contributed by atoms with Gasteiger partial charge >= 0.3 is 5.97 Å². The molecule has 0 fully saturated rings. The molecule has 2 aromatic rings. The van der Waals surface area contributed by atoms with Gasteiger partial charge in [0.2, 0.25) is 0 Å². The van der Waals surface area contributed by atoms with Gasteiger partial charge in [-0.25, -0.2) is 9.18 Å². The summed E-state index contributed by atoms with van der Waals surface area (Å²) in [6.07, 6.45) is 1.97. The third-order valence-corrected chi connectivity index (χ3v) is 2.91. The van der Waals surface area contributed by atoms with Gasteiger partial charge in [-0.1, -0.05) is 0 Å². The first-order valence-corrected chi connectivity index (χ1v) is 6.81. The van der Waals surface area contributed by atoms with E-state index in [0.29, 0.717) is 24.3 Å². The number of ether oxygens (including phenoxy) is 2. The fourth-order valence-corrected chi connectivity index (χ4v) is 1.74. The van der Waals surface area contributed by atoms with Crippen LogP contribution >= 0.6 is 0 Å². The van der Waals surface area contributed by atoms with Crippen molar-refractivity contribution < 1.29 is 23.5 Å². The van der Waals surface area contributed by atoms with Crippen LogP contribution in [0, 0.1) is 5.82 Å². The van der Waals surface area contributed by atoms with Gasteiger partial charge in [-0.15, -0.1) is 0 Å². The molecular formula is C16H16FNO4. The number of Topliss-reactive ketones (excluding diaryl/α,β-unsaturated/α-hetero) is 1. The second-order valence-electron chi connectivity index (χ2n) is 4.65. The monoisotopic (exact) mass is 305 g/mol. The number of rotatable bonds is 7. The van der Waals surface area contributed by atoms with Crippen molar-refractivity contribution in [1.29, 1.82) is 0 Å². The van der Waals surface area contributed by atoms with Gasteiger partial charge in [0.1, 0.15) is 17.3 Å². The first kappa shape index (κ1) is 15.8. The Morgan fingerprint density at radius 1 is 1.18 bits per heavy atom. The minimum absolute atomic E-state index is 0.122. The van der Waals surface area contributed by atoms with Crippen LogP contribution in [0.25, 0.3) is 0 Å². The van der Waals surface area contributed by atoms with Crippen LogP contribution in [0.2, 0.25) is 0 Å². The van der Waals surface area contributed by atoms with E-state index in [1.165, 1.54) is 43.5 Å². The molecule has 0 amide bonds. The number of nitrogens with one attached hydrogen (secondary N) is 1. The maximum Gasteiger partial charge on any atom is 0.354 e. The maximum atomic E-state index is 12.7. The minimum Gasteiger partial charge on any atom is -0.493 e. The minimum atomic E-state index is -0.519. The van der Waals surface area contributed by atoms with E-state index in [9.17, 15) is 14.0 Å². The van der Waals surface area contributed by atoms with Crippen molar-refractivity contribution in [2.45, 2.75) is 13.3 Å². The van der Waals surface area contributed by atoms with Crippen molar-refractivity contribution in [3.63, 3.8) is 0 Å². The van der Waals surface area contributed by atoms with Crippen LogP contribution in [0.4, 0.5) is 4.39 Å². The summed E-state index contributed by atoms with van der Waals surface area (Å²) in [6, 6.07) is 7.15. The molecular weight excluding hydrogens is 289 g/mol. The molecule has 22 heavy (non-hydrogen) atoms. The zero-order valence-corrected chi connectivity index (χ0v) is 12.1.